The summed E-state index contributed by atoms with van der Waals surface area (Å²) in [7, 11) is 0. The lowest BCUT2D eigenvalue weighted by atomic mass is 9.99. The van der Waals surface area contributed by atoms with Crippen molar-refractivity contribution < 1.29 is 22.7 Å². The summed E-state index contributed by atoms with van der Waals surface area (Å²) >= 11 is 0. The molecule has 1 aliphatic heterocycles. The number of benzene rings is 2. The van der Waals surface area contributed by atoms with Gasteiger partial charge in [-0.25, -0.2) is 4.98 Å². The van der Waals surface area contributed by atoms with Gasteiger partial charge in [0.25, 0.3) is 5.91 Å². The molecule has 4 aromatic rings. The number of carbonyl (C=O) groups is 1. The number of H-pyrrole nitrogens is 1. The SMILES string of the molecule is Cc1ccc(C(=O)N2CCC2c2nc(-c3ccccc3OC(F)(F)F)n[nH]2)c(-n2nccn2)c1. The Morgan fingerprint density at radius 1 is 1.15 bits per heavy atom. The van der Waals surface area contributed by atoms with Gasteiger partial charge in [0.2, 0.25) is 0 Å². The van der Waals surface area contributed by atoms with E-state index in [2.05, 4.69) is 30.1 Å². The fourth-order valence-electron chi connectivity index (χ4n) is 3.81. The number of ether oxygens (including phenoxy) is 1. The monoisotopic (exact) mass is 469 g/mol. The number of halogens is 3. The van der Waals surface area contributed by atoms with Crippen LogP contribution in [0.15, 0.2) is 54.9 Å². The van der Waals surface area contributed by atoms with Crippen molar-refractivity contribution in [1.29, 1.82) is 0 Å². The van der Waals surface area contributed by atoms with Gasteiger partial charge in [0.1, 0.15) is 11.6 Å². The molecule has 0 spiro atoms. The van der Waals surface area contributed by atoms with Gasteiger partial charge >= 0.3 is 6.36 Å². The van der Waals surface area contributed by atoms with E-state index in [4.69, 9.17) is 0 Å². The molecule has 1 amide bonds. The summed E-state index contributed by atoms with van der Waals surface area (Å²) in [6.07, 6.45) is -1.16. The first-order valence-electron chi connectivity index (χ1n) is 10.4. The van der Waals surface area contributed by atoms with Gasteiger partial charge in [0.15, 0.2) is 5.82 Å². The zero-order valence-electron chi connectivity index (χ0n) is 17.8. The average Bonchev–Trinajstić information content (AvgIpc) is 3.45. The number of para-hydroxylation sites is 1. The van der Waals surface area contributed by atoms with Crippen LogP contribution in [0.25, 0.3) is 17.1 Å². The van der Waals surface area contributed by atoms with Crippen molar-refractivity contribution in [1.82, 2.24) is 35.1 Å². The molecule has 34 heavy (non-hydrogen) atoms. The number of nitrogens with one attached hydrogen (secondary N) is 1. The Kier molecular flexibility index (Phi) is 5.27. The minimum Gasteiger partial charge on any atom is -0.405 e. The van der Waals surface area contributed by atoms with Gasteiger partial charge in [0.05, 0.1) is 35.2 Å². The third kappa shape index (κ3) is 4.09. The number of aromatic nitrogens is 6. The molecule has 12 heteroatoms. The van der Waals surface area contributed by atoms with Gasteiger partial charge < -0.3 is 9.64 Å². The minimum absolute atomic E-state index is 0.0471. The first-order chi connectivity index (χ1) is 16.3. The van der Waals surface area contributed by atoms with Crippen LogP contribution in [0.5, 0.6) is 5.75 Å². The van der Waals surface area contributed by atoms with Crippen LogP contribution in [0.4, 0.5) is 13.2 Å². The number of hydrogen-bond acceptors (Lipinski definition) is 6. The number of aromatic amines is 1. The van der Waals surface area contributed by atoms with Gasteiger partial charge in [-0.05, 0) is 43.2 Å². The Hall–Kier alpha value is -4.22. The summed E-state index contributed by atoms with van der Waals surface area (Å²) < 4.78 is 42.4. The Morgan fingerprint density at radius 2 is 1.91 bits per heavy atom. The van der Waals surface area contributed by atoms with Gasteiger partial charge in [0, 0.05) is 6.54 Å². The van der Waals surface area contributed by atoms with Crippen LogP contribution in [-0.2, 0) is 0 Å². The first kappa shape index (κ1) is 21.6. The molecule has 174 valence electrons. The number of nitrogens with zero attached hydrogens (tertiary/aromatic N) is 6. The maximum atomic E-state index is 13.4. The molecule has 1 unspecified atom stereocenters. The predicted octanol–water partition coefficient (Wildman–Crippen LogP) is 3.85. The van der Waals surface area contributed by atoms with Crippen LogP contribution in [0.3, 0.4) is 0 Å². The zero-order valence-corrected chi connectivity index (χ0v) is 17.8. The van der Waals surface area contributed by atoms with Crippen molar-refractivity contribution >= 4 is 5.91 Å². The molecule has 3 heterocycles. The van der Waals surface area contributed by atoms with E-state index >= 15 is 0 Å². The first-order valence-corrected chi connectivity index (χ1v) is 10.4. The Labute approximate surface area is 191 Å². The van der Waals surface area contributed by atoms with E-state index < -0.39 is 18.2 Å². The smallest absolute Gasteiger partial charge is 0.405 e. The molecule has 0 bridgehead atoms. The van der Waals surface area contributed by atoms with Crippen LogP contribution in [-0.4, -0.2) is 53.9 Å². The van der Waals surface area contributed by atoms with E-state index in [1.165, 1.54) is 35.4 Å². The third-order valence-electron chi connectivity index (χ3n) is 5.47. The van der Waals surface area contributed by atoms with Crippen LogP contribution in [0.2, 0.25) is 0 Å². The lowest BCUT2D eigenvalue weighted by Gasteiger charge is -2.39. The molecular formula is C22H18F3N7O2. The lowest BCUT2D eigenvalue weighted by molar-refractivity contribution is -0.274. The van der Waals surface area contributed by atoms with Gasteiger partial charge in [-0.3, -0.25) is 9.89 Å². The largest absolute Gasteiger partial charge is 0.573 e. The van der Waals surface area contributed by atoms with Gasteiger partial charge in [-0.1, -0.05) is 18.2 Å². The van der Waals surface area contributed by atoms with Crippen LogP contribution in [0.1, 0.15) is 34.2 Å². The summed E-state index contributed by atoms with van der Waals surface area (Å²) in [5.41, 5.74) is 2.01. The van der Waals surface area contributed by atoms with Crippen molar-refractivity contribution in [3.05, 3.63) is 71.8 Å². The summed E-state index contributed by atoms with van der Waals surface area (Å²) in [6.45, 7) is 2.40. The maximum absolute atomic E-state index is 13.4. The fourth-order valence-corrected chi connectivity index (χ4v) is 3.81. The van der Waals surface area contributed by atoms with E-state index in [9.17, 15) is 18.0 Å². The molecule has 1 N–H and O–H groups in total. The normalized spacial score (nSPS) is 15.8. The number of carbonyl (C=O) groups excluding carboxylic acids is 1. The van der Waals surface area contributed by atoms with Gasteiger partial charge in [-0.2, -0.15) is 20.1 Å². The molecule has 9 nitrogen and oxygen atoms in total. The highest BCUT2D eigenvalue weighted by Gasteiger charge is 2.38. The number of hydrogen-bond donors (Lipinski definition) is 1. The highest BCUT2D eigenvalue weighted by Crippen LogP contribution is 2.36. The van der Waals surface area contributed by atoms with Crippen molar-refractivity contribution in [3.63, 3.8) is 0 Å². The molecule has 1 aliphatic rings. The topological polar surface area (TPSA) is 102 Å². The number of amides is 1. The second-order valence-corrected chi connectivity index (χ2v) is 7.73. The molecular weight excluding hydrogens is 451 g/mol. The van der Waals surface area contributed by atoms with Crippen LogP contribution >= 0.6 is 0 Å². The molecule has 0 aliphatic carbocycles. The second kappa shape index (κ2) is 8.28. The summed E-state index contributed by atoms with van der Waals surface area (Å²) in [6, 6.07) is 10.6. The average molecular weight is 469 g/mol. The van der Waals surface area contributed by atoms with Crippen molar-refractivity contribution in [2.24, 2.45) is 0 Å². The number of aryl methyl sites for hydroxylation is 1. The van der Waals surface area contributed by atoms with E-state index in [0.717, 1.165) is 5.56 Å². The molecule has 1 fully saturated rings. The minimum atomic E-state index is -4.85. The second-order valence-electron chi connectivity index (χ2n) is 7.73. The van der Waals surface area contributed by atoms with E-state index in [0.29, 0.717) is 30.0 Å². The molecule has 0 saturated carbocycles. The molecule has 2 aromatic carbocycles. The van der Waals surface area contributed by atoms with Crippen molar-refractivity contribution in [2.45, 2.75) is 25.7 Å². The fraction of sp³-hybridized carbons (Fsp3) is 0.227. The Balaban J connectivity index is 1.41. The van der Waals surface area contributed by atoms with Gasteiger partial charge in [-0.15, -0.1) is 13.2 Å². The number of alkyl halides is 3. The molecule has 0 radical (unpaired) electrons. The van der Waals surface area contributed by atoms with Crippen molar-refractivity contribution in [3.8, 4) is 22.8 Å². The standard InChI is InChI=1S/C22H18F3N7O2/c1-13-6-7-14(17(12-13)32-26-9-10-27-32)21(33)31-11-8-16(31)20-28-19(29-30-20)15-4-2-3-5-18(15)34-22(23,24)25/h2-7,9-10,12,16H,8,11H2,1H3,(H,28,29,30). The quantitative estimate of drug-likeness (QED) is 0.477. The van der Waals surface area contributed by atoms with Crippen LogP contribution in [0, 0.1) is 6.92 Å². The van der Waals surface area contributed by atoms with Crippen LogP contribution < -0.4 is 4.74 Å². The molecule has 1 atom stereocenters. The number of rotatable bonds is 5. The molecule has 2 aromatic heterocycles. The Bertz CT molecular complexity index is 1330. The number of likely N-dealkylation sites (tertiary alicyclic amines) is 1. The predicted molar refractivity (Wildman–Crippen MR) is 113 cm³/mol. The highest BCUT2D eigenvalue weighted by molar-refractivity contribution is 5.98. The third-order valence-corrected chi connectivity index (χ3v) is 5.47. The molecule has 5 rings (SSSR count). The van der Waals surface area contributed by atoms with E-state index in [1.54, 1.807) is 17.0 Å². The van der Waals surface area contributed by atoms with E-state index in [-0.39, 0.29) is 17.3 Å². The van der Waals surface area contributed by atoms with Crippen molar-refractivity contribution in [2.75, 3.05) is 6.54 Å². The summed E-state index contributed by atoms with van der Waals surface area (Å²) in [5, 5.41) is 15.1. The lowest BCUT2D eigenvalue weighted by Crippen LogP contribution is -2.46. The van der Waals surface area contributed by atoms with E-state index in [1.807, 2.05) is 19.1 Å². The Morgan fingerprint density at radius 3 is 2.62 bits per heavy atom. The molecule has 1 saturated heterocycles. The zero-order chi connectivity index (χ0) is 23.9. The highest BCUT2D eigenvalue weighted by atomic mass is 19.4. The summed E-state index contributed by atoms with van der Waals surface area (Å²) in [4.78, 5) is 20.8. The maximum Gasteiger partial charge on any atom is 0.573 e. The summed E-state index contributed by atoms with van der Waals surface area (Å²) in [5.74, 6) is -0.214.